The minimum Gasteiger partial charge on any atom is -0.327 e. The number of nitrogens with two attached hydrogens (primary N) is 1. The highest BCUT2D eigenvalue weighted by Gasteiger charge is 2.24. The Hall–Kier alpha value is -0.820. The summed E-state index contributed by atoms with van der Waals surface area (Å²) >= 11 is 0. The van der Waals surface area contributed by atoms with Gasteiger partial charge in [0.15, 0.2) is 0 Å². The molecule has 1 unspecified atom stereocenters. The second-order valence-electron chi connectivity index (χ2n) is 4.99. The first-order valence-electron chi connectivity index (χ1n) is 5.98. The van der Waals surface area contributed by atoms with Crippen molar-refractivity contribution in [3.8, 4) is 0 Å². The number of aryl methyl sites for hydroxylation is 2. The Morgan fingerprint density at radius 3 is 2.67 bits per heavy atom. The molecule has 0 aromatic heterocycles. The summed E-state index contributed by atoms with van der Waals surface area (Å²) in [7, 11) is 0. The molecule has 1 atom stereocenters. The van der Waals surface area contributed by atoms with Crippen molar-refractivity contribution in [3.63, 3.8) is 0 Å². The van der Waals surface area contributed by atoms with E-state index >= 15 is 0 Å². The second-order valence-corrected chi connectivity index (χ2v) is 4.99. The summed E-state index contributed by atoms with van der Waals surface area (Å²) in [5.41, 5.74) is 10.4. The molecular weight excluding hydrogens is 182 g/mol. The van der Waals surface area contributed by atoms with Crippen LogP contribution in [0, 0.1) is 19.8 Å². The lowest BCUT2D eigenvalue weighted by atomic mass is 9.77. The molecule has 1 heteroatoms. The van der Waals surface area contributed by atoms with E-state index in [2.05, 4.69) is 32.0 Å². The molecule has 1 fully saturated rings. The minimum atomic E-state index is 0.374. The van der Waals surface area contributed by atoms with Gasteiger partial charge in [0.25, 0.3) is 0 Å². The van der Waals surface area contributed by atoms with E-state index in [0.717, 1.165) is 12.3 Å². The Morgan fingerprint density at radius 1 is 1.33 bits per heavy atom. The summed E-state index contributed by atoms with van der Waals surface area (Å²) in [6, 6.07) is 7.04. The molecule has 0 saturated heterocycles. The van der Waals surface area contributed by atoms with Crippen LogP contribution >= 0.6 is 0 Å². The van der Waals surface area contributed by atoms with Crippen LogP contribution in [0.5, 0.6) is 0 Å². The fourth-order valence-electron chi connectivity index (χ4n) is 2.31. The first kappa shape index (κ1) is 10.7. The number of rotatable bonds is 3. The summed E-state index contributed by atoms with van der Waals surface area (Å²) in [6.07, 6.45) is 5.11. The average Bonchev–Trinajstić information content (AvgIpc) is 2.08. The Morgan fingerprint density at radius 2 is 2.07 bits per heavy atom. The first-order chi connectivity index (χ1) is 7.16. The maximum absolute atomic E-state index is 6.23. The Balaban J connectivity index is 2.05. The zero-order valence-corrected chi connectivity index (χ0v) is 9.79. The van der Waals surface area contributed by atoms with Gasteiger partial charge >= 0.3 is 0 Å². The van der Waals surface area contributed by atoms with Gasteiger partial charge in [-0.25, -0.2) is 0 Å². The minimum absolute atomic E-state index is 0.374. The van der Waals surface area contributed by atoms with Gasteiger partial charge in [0, 0.05) is 6.04 Å². The molecule has 0 bridgehead atoms. The summed E-state index contributed by atoms with van der Waals surface area (Å²) in [6.45, 7) is 4.33. The topological polar surface area (TPSA) is 26.0 Å². The third-order valence-electron chi connectivity index (χ3n) is 3.72. The molecule has 1 aliphatic rings. The SMILES string of the molecule is Cc1ccc(C)c(CC(N)C2CCC2)c1. The lowest BCUT2D eigenvalue weighted by molar-refractivity contribution is 0.260. The molecule has 0 spiro atoms. The van der Waals surface area contributed by atoms with Crippen molar-refractivity contribution in [2.75, 3.05) is 0 Å². The van der Waals surface area contributed by atoms with Gasteiger partial charge < -0.3 is 5.73 Å². The van der Waals surface area contributed by atoms with E-state index in [1.807, 2.05) is 0 Å². The number of benzene rings is 1. The van der Waals surface area contributed by atoms with Crippen molar-refractivity contribution < 1.29 is 0 Å². The van der Waals surface area contributed by atoms with Gasteiger partial charge in [-0.05, 0) is 50.2 Å². The molecule has 1 aliphatic carbocycles. The van der Waals surface area contributed by atoms with Crippen LogP contribution in [0.2, 0.25) is 0 Å². The molecule has 0 amide bonds. The van der Waals surface area contributed by atoms with Gasteiger partial charge in [-0.3, -0.25) is 0 Å². The van der Waals surface area contributed by atoms with Crippen molar-refractivity contribution in [2.24, 2.45) is 11.7 Å². The fourth-order valence-corrected chi connectivity index (χ4v) is 2.31. The summed E-state index contributed by atoms with van der Waals surface area (Å²) in [4.78, 5) is 0. The van der Waals surface area contributed by atoms with Gasteiger partial charge in [-0.2, -0.15) is 0 Å². The summed E-state index contributed by atoms with van der Waals surface area (Å²) in [5, 5.41) is 0. The molecule has 82 valence electrons. The molecule has 0 radical (unpaired) electrons. The Bertz CT molecular complexity index is 339. The maximum atomic E-state index is 6.23. The van der Waals surface area contributed by atoms with E-state index in [1.165, 1.54) is 36.0 Å². The standard InChI is InChI=1S/C14H21N/c1-10-6-7-11(2)13(8-10)9-14(15)12-4-3-5-12/h6-8,12,14H,3-5,9,15H2,1-2H3. The smallest absolute Gasteiger partial charge is 0.0108 e. The molecule has 15 heavy (non-hydrogen) atoms. The van der Waals surface area contributed by atoms with E-state index in [9.17, 15) is 0 Å². The number of hydrogen-bond donors (Lipinski definition) is 1. The fraction of sp³-hybridized carbons (Fsp3) is 0.571. The molecule has 1 saturated carbocycles. The number of hydrogen-bond acceptors (Lipinski definition) is 1. The molecular formula is C14H21N. The quantitative estimate of drug-likeness (QED) is 0.803. The van der Waals surface area contributed by atoms with Crippen LogP contribution in [0.15, 0.2) is 18.2 Å². The molecule has 0 heterocycles. The van der Waals surface area contributed by atoms with Crippen molar-refractivity contribution >= 4 is 0 Å². The van der Waals surface area contributed by atoms with Gasteiger partial charge in [0.2, 0.25) is 0 Å². The highest BCUT2D eigenvalue weighted by atomic mass is 14.7. The van der Waals surface area contributed by atoms with Crippen LogP contribution < -0.4 is 5.73 Å². The largest absolute Gasteiger partial charge is 0.327 e. The summed E-state index contributed by atoms with van der Waals surface area (Å²) in [5.74, 6) is 0.782. The summed E-state index contributed by atoms with van der Waals surface area (Å²) < 4.78 is 0. The molecule has 1 aromatic rings. The van der Waals surface area contributed by atoms with Gasteiger partial charge in [-0.1, -0.05) is 30.2 Å². The van der Waals surface area contributed by atoms with Gasteiger partial charge in [0.1, 0.15) is 0 Å². The zero-order chi connectivity index (χ0) is 10.8. The van der Waals surface area contributed by atoms with Crippen LogP contribution in [-0.4, -0.2) is 6.04 Å². The average molecular weight is 203 g/mol. The van der Waals surface area contributed by atoms with Gasteiger partial charge in [0.05, 0.1) is 0 Å². The van der Waals surface area contributed by atoms with Crippen LogP contribution in [-0.2, 0) is 6.42 Å². The molecule has 2 rings (SSSR count). The van der Waals surface area contributed by atoms with E-state index in [1.54, 1.807) is 0 Å². The monoisotopic (exact) mass is 203 g/mol. The molecule has 1 nitrogen and oxygen atoms in total. The van der Waals surface area contributed by atoms with Crippen molar-refractivity contribution in [2.45, 2.75) is 45.6 Å². The third-order valence-corrected chi connectivity index (χ3v) is 3.72. The van der Waals surface area contributed by atoms with E-state index in [0.29, 0.717) is 6.04 Å². The predicted molar refractivity (Wildman–Crippen MR) is 64.9 cm³/mol. The first-order valence-corrected chi connectivity index (χ1v) is 5.98. The van der Waals surface area contributed by atoms with E-state index < -0.39 is 0 Å². The predicted octanol–water partition coefficient (Wildman–Crippen LogP) is 2.97. The van der Waals surface area contributed by atoms with Crippen molar-refractivity contribution in [1.29, 1.82) is 0 Å². The van der Waals surface area contributed by atoms with E-state index in [-0.39, 0.29) is 0 Å². The van der Waals surface area contributed by atoms with E-state index in [4.69, 9.17) is 5.73 Å². The zero-order valence-electron chi connectivity index (χ0n) is 9.79. The normalized spacial score (nSPS) is 18.6. The van der Waals surface area contributed by atoms with Crippen molar-refractivity contribution in [1.82, 2.24) is 0 Å². The third kappa shape index (κ3) is 2.40. The second kappa shape index (κ2) is 4.36. The lowest BCUT2D eigenvalue weighted by Gasteiger charge is -2.31. The maximum Gasteiger partial charge on any atom is 0.0108 e. The van der Waals surface area contributed by atoms with Crippen LogP contribution in [0.3, 0.4) is 0 Å². The van der Waals surface area contributed by atoms with Crippen LogP contribution in [0.25, 0.3) is 0 Å². The van der Waals surface area contributed by atoms with Crippen molar-refractivity contribution in [3.05, 3.63) is 34.9 Å². The molecule has 2 N–H and O–H groups in total. The highest BCUT2D eigenvalue weighted by Crippen LogP contribution is 2.30. The van der Waals surface area contributed by atoms with Crippen LogP contribution in [0.4, 0.5) is 0 Å². The molecule has 1 aromatic carbocycles. The Kier molecular flexibility index (Phi) is 3.11. The highest BCUT2D eigenvalue weighted by molar-refractivity contribution is 5.31. The van der Waals surface area contributed by atoms with Gasteiger partial charge in [-0.15, -0.1) is 0 Å². The van der Waals surface area contributed by atoms with Crippen LogP contribution in [0.1, 0.15) is 36.0 Å². The lowest BCUT2D eigenvalue weighted by Crippen LogP contribution is -2.36. The Labute approximate surface area is 92.7 Å². The molecule has 0 aliphatic heterocycles.